The van der Waals surface area contributed by atoms with Gasteiger partial charge in [0, 0.05) is 23.9 Å². The van der Waals surface area contributed by atoms with Crippen LogP contribution in [0.1, 0.15) is 18.4 Å². The van der Waals surface area contributed by atoms with Crippen LogP contribution in [0.2, 0.25) is 5.02 Å². The number of hydrogen-bond acceptors (Lipinski definition) is 3. The molecule has 1 fully saturated rings. The number of aryl methyl sites for hydroxylation is 1. The van der Waals surface area contributed by atoms with Gasteiger partial charge in [-0.15, -0.1) is 0 Å². The van der Waals surface area contributed by atoms with Crippen LogP contribution in [0.3, 0.4) is 0 Å². The maximum absolute atomic E-state index is 11.8. The van der Waals surface area contributed by atoms with Gasteiger partial charge in [-0.25, -0.2) is 0 Å². The van der Waals surface area contributed by atoms with Crippen molar-refractivity contribution in [3.8, 4) is 0 Å². The van der Waals surface area contributed by atoms with Crippen molar-refractivity contribution in [3.05, 3.63) is 28.8 Å². The Bertz CT molecular complexity index is 513. The minimum absolute atomic E-state index is 0.0176. The molecule has 0 bridgehead atoms. The number of amides is 2. The van der Waals surface area contributed by atoms with Crippen LogP contribution < -0.4 is 10.6 Å². The van der Waals surface area contributed by atoms with Gasteiger partial charge >= 0.3 is 11.8 Å². The summed E-state index contributed by atoms with van der Waals surface area (Å²) in [7, 11) is 0. The van der Waals surface area contributed by atoms with E-state index in [2.05, 4.69) is 10.6 Å². The van der Waals surface area contributed by atoms with E-state index in [-0.39, 0.29) is 6.10 Å². The monoisotopic (exact) mass is 296 g/mol. The fourth-order valence-electron chi connectivity index (χ4n) is 2.04. The van der Waals surface area contributed by atoms with Crippen molar-refractivity contribution >= 4 is 29.1 Å². The maximum atomic E-state index is 11.8. The van der Waals surface area contributed by atoms with Crippen molar-refractivity contribution < 1.29 is 14.3 Å². The van der Waals surface area contributed by atoms with Crippen LogP contribution in [0.15, 0.2) is 18.2 Å². The molecule has 1 aromatic rings. The number of halogens is 1. The summed E-state index contributed by atoms with van der Waals surface area (Å²) < 4.78 is 5.37. The molecule has 1 saturated heterocycles. The van der Waals surface area contributed by atoms with Crippen molar-refractivity contribution in [1.82, 2.24) is 5.32 Å². The first-order chi connectivity index (χ1) is 9.56. The summed E-state index contributed by atoms with van der Waals surface area (Å²) in [5.74, 6) is -1.34. The Morgan fingerprint density at radius 3 is 2.85 bits per heavy atom. The summed E-state index contributed by atoms with van der Waals surface area (Å²) in [5, 5.41) is 5.72. The number of carbonyl (C=O) groups excluding carboxylic acids is 2. The number of rotatable bonds is 3. The van der Waals surface area contributed by atoms with E-state index in [0.29, 0.717) is 17.3 Å². The average molecular weight is 297 g/mol. The molecular formula is C14H17ClN2O3. The van der Waals surface area contributed by atoms with Crippen LogP contribution in [0, 0.1) is 6.92 Å². The molecule has 0 radical (unpaired) electrons. The van der Waals surface area contributed by atoms with Gasteiger partial charge in [-0.1, -0.05) is 11.6 Å². The molecule has 2 rings (SSSR count). The number of anilines is 1. The zero-order chi connectivity index (χ0) is 14.5. The molecule has 2 N–H and O–H groups in total. The van der Waals surface area contributed by atoms with Crippen molar-refractivity contribution in [2.75, 3.05) is 18.5 Å². The number of hydrogen-bond donors (Lipinski definition) is 2. The van der Waals surface area contributed by atoms with Crippen LogP contribution in [0.25, 0.3) is 0 Å². The van der Waals surface area contributed by atoms with E-state index in [0.717, 1.165) is 25.0 Å². The highest BCUT2D eigenvalue weighted by molar-refractivity contribution is 6.39. The smallest absolute Gasteiger partial charge is 0.313 e. The van der Waals surface area contributed by atoms with E-state index in [1.54, 1.807) is 18.2 Å². The zero-order valence-corrected chi connectivity index (χ0v) is 12.0. The molecular weight excluding hydrogens is 280 g/mol. The zero-order valence-electron chi connectivity index (χ0n) is 11.2. The average Bonchev–Trinajstić information content (AvgIpc) is 2.92. The van der Waals surface area contributed by atoms with Gasteiger partial charge in [-0.2, -0.15) is 0 Å². The van der Waals surface area contributed by atoms with Crippen molar-refractivity contribution in [3.63, 3.8) is 0 Å². The number of benzene rings is 1. The first kappa shape index (κ1) is 14.8. The fraction of sp³-hybridized carbons (Fsp3) is 0.429. The number of carbonyl (C=O) groups is 2. The lowest BCUT2D eigenvalue weighted by Gasteiger charge is -2.11. The molecule has 2 amide bonds. The summed E-state index contributed by atoms with van der Waals surface area (Å²) in [4.78, 5) is 23.4. The molecule has 1 aromatic carbocycles. The lowest BCUT2D eigenvalue weighted by Crippen LogP contribution is -2.39. The molecule has 0 aromatic heterocycles. The highest BCUT2D eigenvalue weighted by Gasteiger charge is 2.19. The second-order valence-corrected chi connectivity index (χ2v) is 5.19. The summed E-state index contributed by atoms with van der Waals surface area (Å²) in [6, 6.07) is 5.05. The maximum Gasteiger partial charge on any atom is 0.313 e. The van der Waals surface area contributed by atoms with Gasteiger partial charge in [0.05, 0.1) is 6.10 Å². The Labute approximate surface area is 122 Å². The van der Waals surface area contributed by atoms with Crippen LogP contribution in [0.4, 0.5) is 5.69 Å². The van der Waals surface area contributed by atoms with Crippen molar-refractivity contribution in [1.29, 1.82) is 0 Å². The minimum Gasteiger partial charge on any atom is -0.376 e. The minimum atomic E-state index is -0.687. The standard InChI is InChI=1S/C14H17ClN2O3/c1-9-7-10(15)4-5-12(9)17-14(19)13(18)16-8-11-3-2-6-20-11/h4-5,7,11H,2-3,6,8H2,1H3,(H,16,18)(H,17,19)/t11-/m0/s1. The van der Waals surface area contributed by atoms with Gasteiger partial charge < -0.3 is 15.4 Å². The molecule has 1 atom stereocenters. The van der Waals surface area contributed by atoms with E-state index in [1.807, 2.05) is 6.92 Å². The van der Waals surface area contributed by atoms with Crippen LogP contribution >= 0.6 is 11.6 Å². The van der Waals surface area contributed by atoms with E-state index < -0.39 is 11.8 Å². The largest absolute Gasteiger partial charge is 0.376 e. The third-order valence-electron chi connectivity index (χ3n) is 3.16. The van der Waals surface area contributed by atoms with E-state index in [1.165, 1.54) is 0 Å². The second kappa shape index (κ2) is 6.72. The predicted molar refractivity (Wildman–Crippen MR) is 76.8 cm³/mol. The first-order valence-corrected chi connectivity index (χ1v) is 6.91. The molecule has 108 valence electrons. The van der Waals surface area contributed by atoms with E-state index >= 15 is 0 Å². The fourth-order valence-corrected chi connectivity index (χ4v) is 2.27. The summed E-state index contributed by atoms with van der Waals surface area (Å²) in [5.41, 5.74) is 1.38. The molecule has 0 unspecified atom stereocenters. The van der Waals surface area contributed by atoms with Crippen molar-refractivity contribution in [2.45, 2.75) is 25.9 Å². The molecule has 20 heavy (non-hydrogen) atoms. The molecule has 6 heteroatoms. The van der Waals surface area contributed by atoms with Gasteiger partial charge in [-0.05, 0) is 43.5 Å². The second-order valence-electron chi connectivity index (χ2n) is 4.76. The Balaban J connectivity index is 1.85. The highest BCUT2D eigenvalue weighted by Crippen LogP contribution is 2.19. The van der Waals surface area contributed by atoms with Gasteiger partial charge in [0.25, 0.3) is 0 Å². The molecule has 1 aliphatic heterocycles. The lowest BCUT2D eigenvalue weighted by atomic mass is 10.2. The summed E-state index contributed by atoms with van der Waals surface area (Å²) in [6.07, 6.45) is 1.93. The van der Waals surface area contributed by atoms with Crippen LogP contribution in [-0.2, 0) is 14.3 Å². The normalized spacial score (nSPS) is 17.8. The molecule has 5 nitrogen and oxygen atoms in total. The molecule has 0 saturated carbocycles. The van der Waals surface area contributed by atoms with Crippen LogP contribution in [-0.4, -0.2) is 31.1 Å². The number of ether oxygens (including phenoxy) is 1. The molecule has 1 aliphatic rings. The van der Waals surface area contributed by atoms with Crippen molar-refractivity contribution in [2.24, 2.45) is 0 Å². The Hall–Kier alpha value is -1.59. The predicted octanol–water partition coefficient (Wildman–Crippen LogP) is 1.88. The Kier molecular flexibility index (Phi) is 4.98. The SMILES string of the molecule is Cc1cc(Cl)ccc1NC(=O)C(=O)NC[C@@H]1CCCO1. The van der Waals surface area contributed by atoms with Gasteiger partial charge in [-0.3, -0.25) is 9.59 Å². The highest BCUT2D eigenvalue weighted by atomic mass is 35.5. The van der Waals surface area contributed by atoms with Gasteiger partial charge in [0.2, 0.25) is 0 Å². The van der Waals surface area contributed by atoms with E-state index in [4.69, 9.17) is 16.3 Å². The molecule has 0 spiro atoms. The lowest BCUT2D eigenvalue weighted by molar-refractivity contribution is -0.136. The quantitative estimate of drug-likeness (QED) is 0.837. The van der Waals surface area contributed by atoms with Crippen LogP contribution in [0.5, 0.6) is 0 Å². The topological polar surface area (TPSA) is 67.4 Å². The third kappa shape index (κ3) is 3.95. The first-order valence-electron chi connectivity index (χ1n) is 6.53. The molecule has 1 heterocycles. The van der Waals surface area contributed by atoms with Gasteiger partial charge in [0.1, 0.15) is 0 Å². The summed E-state index contributed by atoms with van der Waals surface area (Å²) in [6.45, 7) is 2.90. The van der Waals surface area contributed by atoms with E-state index in [9.17, 15) is 9.59 Å². The molecule has 0 aliphatic carbocycles. The Morgan fingerprint density at radius 2 is 2.20 bits per heavy atom. The van der Waals surface area contributed by atoms with Gasteiger partial charge in [0.15, 0.2) is 0 Å². The summed E-state index contributed by atoms with van der Waals surface area (Å²) >= 11 is 5.83. The third-order valence-corrected chi connectivity index (χ3v) is 3.39. The Morgan fingerprint density at radius 1 is 1.40 bits per heavy atom. The number of nitrogens with one attached hydrogen (secondary N) is 2.